The quantitative estimate of drug-likeness (QED) is 0.783. The van der Waals surface area contributed by atoms with Gasteiger partial charge < -0.3 is 10.1 Å². The summed E-state index contributed by atoms with van der Waals surface area (Å²) in [5, 5.41) is 3.27. The zero-order valence-corrected chi connectivity index (χ0v) is 10.4. The average Bonchev–Trinajstić information content (AvgIpc) is 2.32. The molecule has 0 aliphatic heterocycles. The van der Waals surface area contributed by atoms with Gasteiger partial charge in [0.1, 0.15) is 5.75 Å². The smallest absolute Gasteiger partial charge is 0.122 e. The zero-order valence-electron chi connectivity index (χ0n) is 10.4. The van der Waals surface area contributed by atoms with Gasteiger partial charge in [-0.05, 0) is 38.1 Å². The molecule has 0 fully saturated rings. The van der Waals surface area contributed by atoms with E-state index in [1.54, 1.807) is 7.11 Å². The van der Waals surface area contributed by atoms with Crippen LogP contribution in [0.3, 0.4) is 0 Å². The van der Waals surface area contributed by atoms with Crippen LogP contribution in [0.25, 0.3) is 0 Å². The fraction of sp³-hybridized carbons (Fsp3) is 0.429. The summed E-state index contributed by atoms with van der Waals surface area (Å²) >= 11 is 0. The molecule has 0 aromatic heterocycles. The zero-order chi connectivity index (χ0) is 12.0. The van der Waals surface area contributed by atoms with Crippen LogP contribution in [0.5, 0.6) is 5.75 Å². The van der Waals surface area contributed by atoms with E-state index in [4.69, 9.17) is 4.74 Å². The molecular formula is C14H19NO. The van der Waals surface area contributed by atoms with Gasteiger partial charge in [0.05, 0.1) is 7.11 Å². The van der Waals surface area contributed by atoms with E-state index in [0.29, 0.717) is 0 Å². The molecule has 0 spiro atoms. The summed E-state index contributed by atoms with van der Waals surface area (Å²) in [7, 11) is 3.65. The van der Waals surface area contributed by atoms with Crippen molar-refractivity contribution in [2.45, 2.75) is 26.3 Å². The lowest BCUT2D eigenvalue weighted by Crippen LogP contribution is -2.15. The third-order valence-electron chi connectivity index (χ3n) is 2.67. The number of benzene rings is 1. The number of rotatable bonds is 4. The van der Waals surface area contributed by atoms with Crippen LogP contribution in [0, 0.1) is 18.8 Å². The number of nitrogens with one attached hydrogen (secondary N) is 1. The maximum atomic E-state index is 5.32. The molecular weight excluding hydrogens is 198 g/mol. The molecule has 1 aromatic carbocycles. The molecule has 0 heterocycles. The molecule has 0 amide bonds. The van der Waals surface area contributed by atoms with Crippen molar-refractivity contribution >= 4 is 0 Å². The van der Waals surface area contributed by atoms with Crippen LogP contribution in [-0.2, 0) is 0 Å². The van der Waals surface area contributed by atoms with Crippen molar-refractivity contribution < 1.29 is 4.74 Å². The second-order valence-electron chi connectivity index (χ2n) is 3.70. The standard InChI is InChI=1S/C14H19NO/c1-5-6-7-13(15-3)12-9-8-11(2)14(10-12)16-4/h8-10,13,15H,7H2,1-4H3. The fourth-order valence-corrected chi connectivity index (χ4v) is 1.64. The number of aryl methyl sites for hydroxylation is 1. The number of methoxy groups -OCH3 is 1. The maximum absolute atomic E-state index is 5.32. The van der Waals surface area contributed by atoms with Gasteiger partial charge >= 0.3 is 0 Å². The Hall–Kier alpha value is -1.46. The molecule has 16 heavy (non-hydrogen) atoms. The highest BCUT2D eigenvalue weighted by Gasteiger charge is 2.09. The normalized spacial score (nSPS) is 11.5. The van der Waals surface area contributed by atoms with Crippen LogP contribution in [0.1, 0.15) is 30.5 Å². The first-order valence-corrected chi connectivity index (χ1v) is 5.44. The van der Waals surface area contributed by atoms with Gasteiger partial charge in [0, 0.05) is 12.5 Å². The molecule has 0 radical (unpaired) electrons. The Labute approximate surface area is 98.0 Å². The van der Waals surface area contributed by atoms with E-state index in [0.717, 1.165) is 17.7 Å². The first kappa shape index (κ1) is 12.6. The highest BCUT2D eigenvalue weighted by molar-refractivity contribution is 5.38. The van der Waals surface area contributed by atoms with Gasteiger partial charge in [-0.2, -0.15) is 0 Å². The predicted molar refractivity (Wildman–Crippen MR) is 67.6 cm³/mol. The number of ether oxygens (including phenoxy) is 1. The van der Waals surface area contributed by atoms with Gasteiger partial charge in [0.2, 0.25) is 0 Å². The minimum atomic E-state index is 0.266. The minimum absolute atomic E-state index is 0.266. The molecule has 1 N–H and O–H groups in total. The average molecular weight is 217 g/mol. The van der Waals surface area contributed by atoms with Gasteiger partial charge in [-0.25, -0.2) is 0 Å². The van der Waals surface area contributed by atoms with E-state index in [1.165, 1.54) is 5.56 Å². The summed E-state index contributed by atoms with van der Waals surface area (Å²) in [6.07, 6.45) is 0.819. The summed E-state index contributed by atoms with van der Waals surface area (Å²) in [4.78, 5) is 0. The number of hydrogen-bond donors (Lipinski definition) is 1. The molecule has 2 nitrogen and oxygen atoms in total. The second-order valence-corrected chi connectivity index (χ2v) is 3.70. The molecule has 2 heteroatoms. The molecule has 1 aromatic rings. The molecule has 86 valence electrons. The molecule has 1 atom stereocenters. The van der Waals surface area contributed by atoms with Crippen molar-refractivity contribution in [2.75, 3.05) is 14.2 Å². The van der Waals surface area contributed by atoms with E-state index in [-0.39, 0.29) is 6.04 Å². The Kier molecular flexibility index (Phi) is 4.88. The van der Waals surface area contributed by atoms with E-state index in [9.17, 15) is 0 Å². The molecule has 0 bridgehead atoms. The third kappa shape index (κ3) is 3.01. The predicted octanol–water partition coefficient (Wildman–Crippen LogP) is 2.68. The molecule has 0 saturated heterocycles. The first-order valence-electron chi connectivity index (χ1n) is 5.44. The van der Waals surface area contributed by atoms with Crippen molar-refractivity contribution in [3.8, 4) is 17.6 Å². The third-order valence-corrected chi connectivity index (χ3v) is 2.67. The Bertz CT molecular complexity index is 401. The minimum Gasteiger partial charge on any atom is -0.496 e. The van der Waals surface area contributed by atoms with Gasteiger partial charge in [-0.1, -0.05) is 12.1 Å². The molecule has 0 saturated carbocycles. The molecule has 0 aliphatic carbocycles. The first-order chi connectivity index (χ1) is 7.72. The lowest BCUT2D eigenvalue weighted by Gasteiger charge is -2.15. The van der Waals surface area contributed by atoms with Crippen LogP contribution in [0.2, 0.25) is 0 Å². The van der Waals surface area contributed by atoms with Crippen LogP contribution in [0.4, 0.5) is 0 Å². The van der Waals surface area contributed by atoms with Crippen LogP contribution >= 0.6 is 0 Å². The monoisotopic (exact) mass is 217 g/mol. The maximum Gasteiger partial charge on any atom is 0.122 e. The summed E-state index contributed by atoms with van der Waals surface area (Å²) < 4.78 is 5.32. The topological polar surface area (TPSA) is 21.3 Å². The van der Waals surface area contributed by atoms with E-state index < -0.39 is 0 Å². The highest BCUT2D eigenvalue weighted by Crippen LogP contribution is 2.24. The fourth-order valence-electron chi connectivity index (χ4n) is 1.64. The van der Waals surface area contributed by atoms with Gasteiger partial charge in [0.15, 0.2) is 0 Å². The molecule has 1 unspecified atom stereocenters. The van der Waals surface area contributed by atoms with Gasteiger partial charge in [-0.15, -0.1) is 11.8 Å². The largest absolute Gasteiger partial charge is 0.496 e. The lowest BCUT2D eigenvalue weighted by atomic mass is 10.0. The summed E-state index contributed by atoms with van der Waals surface area (Å²) in [5.41, 5.74) is 2.37. The van der Waals surface area contributed by atoms with Crippen LogP contribution < -0.4 is 10.1 Å². The summed E-state index contributed by atoms with van der Waals surface area (Å²) in [6.45, 7) is 3.91. The van der Waals surface area contributed by atoms with Crippen molar-refractivity contribution in [3.05, 3.63) is 29.3 Å². The molecule has 0 aliphatic rings. The van der Waals surface area contributed by atoms with Crippen LogP contribution in [0.15, 0.2) is 18.2 Å². The van der Waals surface area contributed by atoms with Crippen LogP contribution in [-0.4, -0.2) is 14.2 Å². The van der Waals surface area contributed by atoms with Crippen molar-refractivity contribution in [1.82, 2.24) is 5.32 Å². The van der Waals surface area contributed by atoms with Crippen molar-refractivity contribution in [3.63, 3.8) is 0 Å². The Balaban J connectivity index is 2.95. The Morgan fingerprint density at radius 2 is 2.19 bits per heavy atom. The SMILES string of the molecule is CC#CCC(NC)c1ccc(C)c(OC)c1. The Morgan fingerprint density at radius 3 is 2.75 bits per heavy atom. The second kappa shape index (κ2) is 6.19. The van der Waals surface area contributed by atoms with E-state index in [1.807, 2.05) is 20.9 Å². The van der Waals surface area contributed by atoms with Crippen molar-refractivity contribution in [2.24, 2.45) is 0 Å². The summed E-state index contributed by atoms with van der Waals surface area (Å²) in [5.74, 6) is 6.95. The number of hydrogen-bond acceptors (Lipinski definition) is 2. The summed E-state index contributed by atoms with van der Waals surface area (Å²) in [6, 6.07) is 6.55. The van der Waals surface area contributed by atoms with E-state index in [2.05, 4.69) is 35.4 Å². The van der Waals surface area contributed by atoms with Crippen molar-refractivity contribution in [1.29, 1.82) is 0 Å². The van der Waals surface area contributed by atoms with Gasteiger partial charge in [-0.3, -0.25) is 0 Å². The molecule has 1 rings (SSSR count). The van der Waals surface area contributed by atoms with E-state index >= 15 is 0 Å². The van der Waals surface area contributed by atoms with Gasteiger partial charge in [0.25, 0.3) is 0 Å². The Morgan fingerprint density at radius 1 is 1.44 bits per heavy atom. The highest BCUT2D eigenvalue weighted by atomic mass is 16.5. The lowest BCUT2D eigenvalue weighted by molar-refractivity contribution is 0.410.